The molecule has 0 radical (unpaired) electrons. The number of aromatic amines is 1. The first-order chi connectivity index (χ1) is 6.22. The van der Waals surface area contributed by atoms with Gasteiger partial charge in [0.15, 0.2) is 5.82 Å². The van der Waals surface area contributed by atoms with Gasteiger partial charge in [0.2, 0.25) is 0 Å². The zero-order valence-electron chi connectivity index (χ0n) is 6.97. The number of hydrogen-bond donors (Lipinski definition) is 2. The van der Waals surface area contributed by atoms with Crippen molar-refractivity contribution in [2.45, 2.75) is 0 Å². The maximum Gasteiger partial charge on any atom is 0.153 e. The third-order valence-corrected chi connectivity index (χ3v) is 2.31. The number of aromatic nitrogens is 2. The number of nitrogens with one attached hydrogen (secondary N) is 1. The summed E-state index contributed by atoms with van der Waals surface area (Å²) in [6, 6.07) is 3.76. The molecular weight excluding hydrogens is 234 g/mol. The summed E-state index contributed by atoms with van der Waals surface area (Å²) in [5, 5.41) is 7.58. The highest BCUT2D eigenvalue weighted by molar-refractivity contribution is 9.10. The molecule has 0 aliphatic carbocycles. The van der Waals surface area contributed by atoms with Crippen LogP contribution in [-0.4, -0.2) is 17.3 Å². The molecule has 68 valence electrons. The quantitative estimate of drug-likeness (QED) is 0.802. The monoisotopic (exact) mass is 241 g/mol. The number of nitrogen functional groups attached to an aromatic ring is 1. The Kier molecular flexibility index (Phi) is 1.88. The molecule has 0 spiro atoms. The van der Waals surface area contributed by atoms with Gasteiger partial charge >= 0.3 is 0 Å². The minimum Gasteiger partial charge on any atom is -0.494 e. The second kappa shape index (κ2) is 2.92. The summed E-state index contributed by atoms with van der Waals surface area (Å²) >= 11 is 3.37. The van der Waals surface area contributed by atoms with Crippen LogP contribution < -0.4 is 10.5 Å². The van der Waals surface area contributed by atoms with Crippen LogP contribution in [0.5, 0.6) is 5.75 Å². The number of benzene rings is 1. The van der Waals surface area contributed by atoms with E-state index in [-0.39, 0.29) is 0 Å². The second-order valence-electron chi connectivity index (χ2n) is 2.64. The van der Waals surface area contributed by atoms with Crippen molar-refractivity contribution in [3.05, 3.63) is 16.6 Å². The van der Waals surface area contributed by atoms with Gasteiger partial charge in [-0.05, 0) is 12.1 Å². The van der Waals surface area contributed by atoms with E-state index in [2.05, 4.69) is 26.1 Å². The Balaban J connectivity index is 2.84. The highest BCUT2D eigenvalue weighted by atomic mass is 79.9. The number of nitrogens with zero attached hydrogens (tertiary/aromatic N) is 1. The van der Waals surface area contributed by atoms with Gasteiger partial charge in [-0.1, -0.05) is 15.9 Å². The van der Waals surface area contributed by atoms with Crippen LogP contribution in [0.25, 0.3) is 10.9 Å². The molecule has 2 aromatic rings. The van der Waals surface area contributed by atoms with Gasteiger partial charge in [0.1, 0.15) is 11.3 Å². The van der Waals surface area contributed by atoms with Crippen molar-refractivity contribution in [1.82, 2.24) is 10.2 Å². The highest BCUT2D eigenvalue weighted by Gasteiger charge is 2.08. The van der Waals surface area contributed by atoms with Gasteiger partial charge < -0.3 is 10.5 Å². The smallest absolute Gasteiger partial charge is 0.153 e. The fourth-order valence-electron chi connectivity index (χ4n) is 1.24. The van der Waals surface area contributed by atoms with Gasteiger partial charge in [-0.25, -0.2) is 0 Å². The van der Waals surface area contributed by atoms with Gasteiger partial charge in [0.25, 0.3) is 0 Å². The Morgan fingerprint density at radius 1 is 1.54 bits per heavy atom. The van der Waals surface area contributed by atoms with E-state index in [0.29, 0.717) is 5.82 Å². The molecule has 0 fully saturated rings. The van der Waals surface area contributed by atoms with Crippen molar-refractivity contribution >= 4 is 32.7 Å². The molecule has 1 aromatic carbocycles. The zero-order chi connectivity index (χ0) is 9.42. The van der Waals surface area contributed by atoms with Crippen molar-refractivity contribution < 1.29 is 4.74 Å². The molecule has 0 saturated carbocycles. The predicted octanol–water partition coefficient (Wildman–Crippen LogP) is 1.92. The summed E-state index contributed by atoms with van der Waals surface area (Å²) in [4.78, 5) is 0. The Bertz CT molecular complexity index is 452. The lowest BCUT2D eigenvalue weighted by molar-refractivity contribution is 0.418. The first-order valence-electron chi connectivity index (χ1n) is 3.69. The number of methoxy groups -OCH3 is 1. The molecule has 3 N–H and O–H groups in total. The van der Waals surface area contributed by atoms with Gasteiger partial charge in [-0.2, -0.15) is 5.10 Å². The number of fused-ring (bicyclic) bond motifs is 1. The Morgan fingerprint density at radius 3 is 3.00 bits per heavy atom. The molecule has 4 nitrogen and oxygen atoms in total. The number of hydrogen-bond acceptors (Lipinski definition) is 3. The number of H-pyrrole nitrogens is 1. The van der Waals surface area contributed by atoms with Crippen LogP contribution in [0.3, 0.4) is 0 Å². The van der Waals surface area contributed by atoms with Crippen LogP contribution >= 0.6 is 15.9 Å². The average molecular weight is 242 g/mol. The predicted molar refractivity (Wildman–Crippen MR) is 54.8 cm³/mol. The fraction of sp³-hybridized carbons (Fsp3) is 0.125. The molecule has 0 amide bonds. The van der Waals surface area contributed by atoms with E-state index in [1.54, 1.807) is 7.11 Å². The van der Waals surface area contributed by atoms with Crippen LogP contribution in [0.1, 0.15) is 0 Å². The lowest BCUT2D eigenvalue weighted by Crippen LogP contribution is -1.85. The van der Waals surface area contributed by atoms with E-state index in [1.807, 2.05) is 12.1 Å². The molecule has 0 aliphatic rings. The normalized spacial score (nSPS) is 10.6. The van der Waals surface area contributed by atoms with E-state index in [0.717, 1.165) is 21.1 Å². The van der Waals surface area contributed by atoms with Gasteiger partial charge in [0.05, 0.1) is 7.11 Å². The molecule has 0 bridgehead atoms. The lowest BCUT2D eigenvalue weighted by Gasteiger charge is -2.01. The van der Waals surface area contributed by atoms with Crippen molar-refractivity contribution in [3.63, 3.8) is 0 Å². The van der Waals surface area contributed by atoms with E-state index in [1.165, 1.54) is 0 Å². The minimum atomic E-state index is 0.481. The molecule has 0 aliphatic heterocycles. The van der Waals surface area contributed by atoms with Gasteiger partial charge in [-0.3, -0.25) is 5.10 Å². The van der Waals surface area contributed by atoms with Gasteiger partial charge in [0, 0.05) is 9.86 Å². The largest absolute Gasteiger partial charge is 0.494 e. The van der Waals surface area contributed by atoms with Crippen LogP contribution in [-0.2, 0) is 0 Å². The molecule has 0 unspecified atom stereocenters. The summed E-state index contributed by atoms with van der Waals surface area (Å²) in [6.07, 6.45) is 0. The number of nitrogens with two attached hydrogens (primary N) is 1. The molecule has 1 heterocycles. The van der Waals surface area contributed by atoms with Crippen molar-refractivity contribution in [2.75, 3.05) is 12.8 Å². The minimum absolute atomic E-state index is 0.481. The summed E-state index contributed by atoms with van der Waals surface area (Å²) in [6.45, 7) is 0. The number of halogens is 1. The molecule has 5 heteroatoms. The Hall–Kier alpha value is -1.23. The van der Waals surface area contributed by atoms with E-state index in [9.17, 15) is 0 Å². The maximum atomic E-state index is 5.65. The summed E-state index contributed by atoms with van der Waals surface area (Å²) in [7, 11) is 1.61. The molecule has 1 aromatic heterocycles. The molecule has 13 heavy (non-hydrogen) atoms. The summed E-state index contributed by atoms with van der Waals surface area (Å²) in [5.74, 6) is 1.21. The lowest BCUT2D eigenvalue weighted by atomic mass is 10.2. The SMILES string of the molecule is COc1cc(Br)cc2c(N)n[nH]c12. The highest BCUT2D eigenvalue weighted by Crippen LogP contribution is 2.30. The molecular formula is C8H8BrN3O. The first kappa shape index (κ1) is 8.37. The molecule has 0 saturated heterocycles. The van der Waals surface area contributed by atoms with Crippen molar-refractivity contribution in [3.8, 4) is 5.75 Å². The Labute approximate surface area is 83.2 Å². The molecule has 0 atom stereocenters. The number of ether oxygens (including phenoxy) is 1. The topological polar surface area (TPSA) is 63.9 Å². The van der Waals surface area contributed by atoms with Crippen LogP contribution in [0.15, 0.2) is 16.6 Å². The van der Waals surface area contributed by atoms with Crippen LogP contribution in [0.4, 0.5) is 5.82 Å². The maximum absolute atomic E-state index is 5.65. The number of rotatable bonds is 1. The zero-order valence-corrected chi connectivity index (χ0v) is 8.55. The fourth-order valence-corrected chi connectivity index (χ4v) is 1.67. The second-order valence-corrected chi connectivity index (χ2v) is 3.56. The van der Waals surface area contributed by atoms with E-state index in [4.69, 9.17) is 10.5 Å². The molecule has 2 rings (SSSR count). The van der Waals surface area contributed by atoms with Crippen molar-refractivity contribution in [2.24, 2.45) is 0 Å². The summed E-state index contributed by atoms with van der Waals surface area (Å²) < 4.78 is 6.09. The third kappa shape index (κ3) is 1.25. The Morgan fingerprint density at radius 2 is 2.31 bits per heavy atom. The number of anilines is 1. The standard InChI is InChI=1S/C8H8BrN3O/c1-13-6-3-4(9)2-5-7(6)11-12-8(5)10/h2-3H,1H3,(H3,10,11,12). The first-order valence-corrected chi connectivity index (χ1v) is 4.48. The van der Waals surface area contributed by atoms with E-state index >= 15 is 0 Å². The van der Waals surface area contributed by atoms with Crippen LogP contribution in [0, 0.1) is 0 Å². The van der Waals surface area contributed by atoms with Gasteiger partial charge in [-0.15, -0.1) is 0 Å². The third-order valence-electron chi connectivity index (χ3n) is 1.85. The summed E-state index contributed by atoms with van der Waals surface area (Å²) in [5.41, 5.74) is 6.47. The van der Waals surface area contributed by atoms with Crippen LogP contribution in [0.2, 0.25) is 0 Å². The van der Waals surface area contributed by atoms with E-state index < -0.39 is 0 Å². The van der Waals surface area contributed by atoms with Crippen molar-refractivity contribution in [1.29, 1.82) is 0 Å². The average Bonchev–Trinajstić information content (AvgIpc) is 2.47.